The standard InChI is InChI=1S/C18H23N3/c1-2-6-15-13(5-1)14-8-12-21-16(18(14)19-15)9-11-20-10-4-3-7-17(20)21/h1-2,5-6,16-17,19H,3-4,7-12H2/t16-,17-/m0/s1. The van der Waals surface area contributed by atoms with Gasteiger partial charge in [0.25, 0.3) is 0 Å². The molecule has 110 valence electrons. The van der Waals surface area contributed by atoms with Crippen molar-refractivity contribution in [2.24, 2.45) is 0 Å². The Morgan fingerprint density at radius 3 is 2.95 bits per heavy atom. The van der Waals surface area contributed by atoms with Gasteiger partial charge >= 0.3 is 0 Å². The fourth-order valence-electron chi connectivity index (χ4n) is 4.90. The minimum atomic E-state index is 0.625. The van der Waals surface area contributed by atoms with Crippen molar-refractivity contribution in [1.82, 2.24) is 14.8 Å². The molecule has 0 bridgehead atoms. The molecule has 0 spiro atoms. The predicted octanol–water partition coefficient (Wildman–Crippen LogP) is 3.28. The predicted molar refractivity (Wildman–Crippen MR) is 85.3 cm³/mol. The first-order valence-corrected chi connectivity index (χ1v) is 8.51. The van der Waals surface area contributed by atoms with E-state index in [1.165, 1.54) is 68.3 Å². The normalized spacial score (nSPS) is 29.9. The quantitative estimate of drug-likeness (QED) is 0.800. The molecule has 2 fully saturated rings. The van der Waals surface area contributed by atoms with Gasteiger partial charge in [-0.1, -0.05) is 18.2 Å². The van der Waals surface area contributed by atoms with E-state index in [9.17, 15) is 0 Å². The molecule has 3 aliphatic heterocycles. The van der Waals surface area contributed by atoms with Crippen molar-refractivity contribution >= 4 is 10.9 Å². The fraction of sp³-hybridized carbons (Fsp3) is 0.556. The molecule has 3 heteroatoms. The van der Waals surface area contributed by atoms with Crippen LogP contribution in [-0.4, -0.2) is 40.6 Å². The molecule has 0 unspecified atom stereocenters. The van der Waals surface area contributed by atoms with Crippen LogP contribution in [0.5, 0.6) is 0 Å². The van der Waals surface area contributed by atoms with Crippen molar-refractivity contribution in [3.63, 3.8) is 0 Å². The molecule has 1 aromatic heterocycles. The van der Waals surface area contributed by atoms with Gasteiger partial charge in [-0.25, -0.2) is 0 Å². The van der Waals surface area contributed by atoms with Crippen molar-refractivity contribution in [2.45, 2.75) is 44.3 Å². The number of piperidine rings is 1. The van der Waals surface area contributed by atoms with Crippen LogP contribution < -0.4 is 0 Å². The van der Waals surface area contributed by atoms with Crippen LogP contribution >= 0.6 is 0 Å². The molecule has 5 rings (SSSR count). The Morgan fingerprint density at radius 1 is 1.00 bits per heavy atom. The Morgan fingerprint density at radius 2 is 1.95 bits per heavy atom. The van der Waals surface area contributed by atoms with E-state index in [4.69, 9.17) is 0 Å². The van der Waals surface area contributed by atoms with Gasteiger partial charge in [-0.2, -0.15) is 0 Å². The SMILES string of the molecule is c1ccc2c3c([nH]c2c1)[C@@H]1CCN2CCCC[C@@H]2N1CC3. The molecule has 3 aliphatic rings. The van der Waals surface area contributed by atoms with Gasteiger partial charge in [-0.05, 0) is 50.3 Å². The molecule has 2 atom stereocenters. The van der Waals surface area contributed by atoms with Gasteiger partial charge in [0.05, 0.1) is 12.2 Å². The van der Waals surface area contributed by atoms with Crippen LogP contribution in [-0.2, 0) is 6.42 Å². The van der Waals surface area contributed by atoms with Gasteiger partial charge in [0.1, 0.15) is 0 Å². The van der Waals surface area contributed by atoms with E-state index in [1.54, 1.807) is 5.56 Å². The first-order chi connectivity index (χ1) is 10.4. The van der Waals surface area contributed by atoms with Gasteiger partial charge in [0.15, 0.2) is 0 Å². The van der Waals surface area contributed by atoms with Crippen LogP contribution in [0.4, 0.5) is 0 Å². The number of benzene rings is 1. The zero-order valence-electron chi connectivity index (χ0n) is 12.5. The molecule has 1 N–H and O–H groups in total. The van der Waals surface area contributed by atoms with Gasteiger partial charge in [0.2, 0.25) is 0 Å². The average Bonchev–Trinajstić information content (AvgIpc) is 2.93. The summed E-state index contributed by atoms with van der Waals surface area (Å²) in [5, 5.41) is 1.46. The highest BCUT2D eigenvalue weighted by Crippen LogP contribution is 2.41. The first kappa shape index (κ1) is 12.2. The third kappa shape index (κ3) is 1.74. The minimum absolute atomic E-state index is 0.625. The maximum Gasteiger partial charge on any atom is 0.0628 e. The second kappa shape index (κ2) is 4.59. The van der Waals surface area contributed by atoms with Crippen LogP contribution in [0.3, 0.4) is 0 Å². The van der Waals surface area contributed by atoms with E-state index in [1.807, 2.05) is 0 Å². The first-order valence-electron chi connectivity index (χ1n) is 8.51. The Hall–Kier alpha value is -1.32. The topological polar surface area (TPSA) is 22.3 Å². The Bertz CT molecular complexity index is 674. The molecular formula is C18H23N3. The molecule has 0 amide bonds. The van der Waals surface area contributed by atoms with Gasteiger partial charge in [0, 0.05) is 29.7 Å². The van der Waals surface area contributed by atoms with Crippen LogP contribution in [0.25, 0.3) is 10.9 Å². The summed E-state index contributed by atoms with van der Waals surface area (Å²) in [6.07, 6.45) is 7.37. The van der Waals surface area contributed by atoms with Crippen molar-refractivity contribution in [3.05, 3.63) is 35.5 Å². The van der Waals surface area contributed by atoms with Crippen molar-refractivity contribution in [2.75, 3.05) is 19.6 Å². The lowest BCUT2D eigenvalue weighted by atomic mass is 9.90. The molecule has 4 heterocycles. The number of rotatable bonds is 0. The van der Waals surface area contributed by atoms with Gasteiger partial charge < -0.3 is 4.98 Å². The smallest absolute Gasteiger partial charge is 0.0628 e. The number of H-pyrrole nitrogens is 1. The number of hydrogen-bond donors (Lipinski definition) is 1. The second-order valence-corrected chi connectivity index (χ2v) is 6.87. The van der Waals surface area contributed by atoms with Crippen molar-refractivity contribution < 1.29 is 0 Å². The van der Waals surface area contributed by atoms with Crippen LogP contribution in [0.1, 0.15) is 43.0 Å². The Balaban J connectivity index is 1.58. The second-order valence-electron chi connectivity index (χ2n) is 6.87. The lowest BCUT2D eigenvalue weighted by molar-refractivity contribution is -0.0599. The minimum Gasteiger partial charge on any atom is -0.357 e. The summed E-state index contributed by atoms with van der Waals surface area (Å²) >= 11 is 0. The molecule has 0 radical (unpaired) electrons. The summed E-state index contributed by atoms with van der Waals surface area (Å²) in [6.45, 7) is 3.83. The Kier molecular flexibility index (Phi) is 2.67. The number of hydrogen-bond acceptors (Lipinski definition) is 2. The molecular weight excluding hydrogens is 258 g/mol. The lowest BCUT2D eigenvalue weighted by Gasteiger charge is -2.52. The molecule has 2 saturated heterocycles. The summed E-state index contributed by atoms with van der Waals surface area (Å²) in [4.78, 5) is 9.27. The summed E-state index contributed by atoms with van der Waals surface area (Å²) < 4.78 is 0. The number of aromatic amines is 1. The van der Waals surface area contributed by atoms with E-state index in [2.05, 4.69) is 39.0 Å². The molecule has 1 aromatic carbocycles. The number of nitrogens with one attached hydrogen (secondary N) is 1. The van der Waals surface area contributed by atoms with Crippen molar-refractivity contribution in [1.29, 1.82) is 0 Å². The number of aromatic nitrogens is 1. The lowest BCUT2D eigenvalue weighted by Crippen LogP contribution is -2.58. The zero-order chi connectivity index (χ0) is 13.8. The number of nitrogens with zero attached hydrogens (tertiary/aromatic N) is 2. The monoisotopic (exact) mass is 281 g/mol. The van der Waals surface area contributed by atoms with Crippen molar-refractivity contribution in [3.8, 4) is 0 Å². The third-order valence-electron chi connectivity index (χ3n) is 5.85. The maximum atomic E-state index is 3.75. The van der Waals surface area contributed by atoms with Crippen LogP contribution in [0.15, 0.2) is 24.3 Å². The molecule has 0 aliphatic carbocycles. The van der Waals surface area contributed by atoms with Crippen LogP contribution in [0, 0.1) is 0 Å². The van der Waals surface area contributed by atoms with E-state index in [0.29, 0.717) is 12.2 Å². The number of fused-ring (bicyclic) bond motifs is 7. The Labute approximate surface area is 125 Å². The van der Waals surface area contributed by atoms with Gasteiger partial charge in [-0.15, -0.1) is 0 Å². The summed E-state index contributed by atoms with van der Waals surface area (Å²) in [7, 11) is 0. The highest BCUT2D eigenvalue weighted by Gasteiger charge is 2.40. The molecule has 2 aromatic rings. The van der Waals surface area contributed by atoms with Gasteiger partial charge in [-0.3, -0.25) is 9.80 Å². The van der Waals surface area contributed by atoms with Crippen LogP contribution in [0.2, 0.25) is 0 Å². The highest BCUT2D eigenvalue weighted by molar-refractivity contribution is 5.85. The molecule has 0 saturated carbocycles. The fourth-order valence-corrected chi connectivity index (χ4v) is 4.90. The van der Waals surface area contributed by atoms with E-state index < -0.39 is 0 Å². The largest absolute Gasteiger partial charge is 0.357 e. The summed E-state index contributed by atoms with van der Waals surface area (Å²) in [6, 6.07) is 9.46. The molecule has 21 heavy (non-hydrogen) atoms. The van der Waals surface area contributed by atoms with E-state index >= 15 is 0 Å². The van der Waals surface area contributed by atoms with E-state index in [0.717, 1.165) is 0 Å². The van der Waals surface area contributed by atoms with E-state index in [-0.39, 0.29) is 0 Å². The summed E-state index contributed by atoms with van der Waals surface area (Å²) in [5.41, 5.74) is 4.44. The number of para-hydroxylation sites is 1. The summed E-state index contributed by atoms with van der Waals surface area (Å²) in [5.74, 6) is 0. The third-order valence-corrected chi connectivity index (χ3v) is 5.85. The highest BCUT2D eigenvalue weighted by atomic mass is 15.4. The average molecular weight is 281 g/mol. The maximum absolute atomic E-state index is 3.75. The molecule has 3 nitrogen and oxygen atoms in total. The zero-order valence-corrected chi connectivity index (χ0v) is 12.5.